The normalized spacial score (nSPS) is 18.5. The number of hydrogen-bond donors (Lipinski definition) is 5. The summed E-state index contributed by atoms with van der Waals surface area (Å²) in [5, 5.41) is 16.7. The number of carboxylic acids is 1. The van der Waals surface area contributed by atoms with Crippen LogP contribution in [0.5, 0.6) is 0 Å². The Kier molecular flexibility index (Phi) is 7.50. The van der Waals surface area contributed by atoms with Gasteiger partial charge in [-0.2, -0.15) is 13.2 Å². The number of nitrogens with zero attached hydrogens (tertiary/aromatic N) is 2. The molecule has 230 valence electrons. The highest BCUT2D eigenvalue weighted by atomic mass is 19.4. The van der Waals surface area contributed by atoms with Crippen molar-refractivity contribution in [1.29, 1.82) is 0 Å². The molecule has 5 N–H and O–H groups in total. The number of fused-ring (bicyclic) bond motifs is 3. The van der Waals surface area contributed by atoms with Crippen LogP contribution in [0.25, 0.3) is 55.1 Å². The molecule has 0 radical (unpaired) electrons. The van der Waals surface area contributed by atoms with Crippen LogP contribution in [0.15, 0.2) is 72.8 Å². The summed E-state index contributed by atoms with van der Waals surface area (Å²) in [6, 6.07) is 27.3. The molecule has 2 aliphatic rings. The van der Waals surface area contributed by atoms with Gasteiger partial charge in [0.05, 0.1) is 34.2 Å². The van der Waals surface area contributed by atoms with Gasteiger partial charge in [-0.05, 0) is 108 Å². The zero-order chi connectivity index (χ0) is 31.1. The van der Waals surface area contributed by atoms with E-state index < -0.39 is 12.1 Å². The van der Waals surface area contributed by atoms with Gasteiger partial charge < -0.3 is 25.7 Å². The zero-order valence-corrected chi connectivity index (χ0v) is 24.2. The van der Waals surface area contributed by atoms with Crippen molar-refractivity contribution in [2.45, 2.75) is 43.9 Å². The molecule has 2 atom stereocenters. The van der Waals surface area contributed by atoms with E-state index in [1.807, 2.05) is 0 Å². The van der Waals surface area contributed by atoms with Crippen molar-refractivity contribution in [3.63, 3.8) is 0 Å². The molecular weight excluding hydrogens is 581 g/mol. The van der Waals surface area contributed by atoms with Gasteiger partial charge in [0.15, 0.2) is 0 Å². The van der Waals surface area contributed by atoms with E-state index in [1.165, 1.54) is 45.9 Å². The van der Waals surface area contributed by atoms with Gasteiger partial charge in [-0.1, -0.05) is 36.4 Å². The third-order valence-corrected chi connectivity index (χ3v) is 8.53. The predicted molar refractivity (Wildman–Crippen MR) is 168 cm³/mol. The second kappa shape index (κ2) is 11.6. The fourth-order valence-corrected chi connectivity index (χ4v) is 6.19. The number of aliphatic carboxylic acids is 1. The number of aromatic nitrogens is 4. The van der Waals surface area contributed by atoms with E-state index in [0.717, 1.165) is 59.6 Å². The van der Waals surface area contributed by atoms with E-state index in [4.69, 9.17) is 19.9 Å². The highest BCUT2D eigenvalue weighted by Gasteiger charge is 2.38. The van der Waals surface area contributed by atoms with Gasteiger partial charge in [-0.25, -0.2) is 14.8 Å². The van der Waals surface area contributed by atoms with Crippen LogP contribution in [0.3, 0.4) is 0 Å². The predicted octanol–water partition coefficient (Wildman–Crippen LogP) is 7.41. The Morgan fingerprint density at radius 2 is 1.09 bits per heavy atom. The molecule has 2 saturated heterocycles. The minimum Gasteiger partial charge on any atom is -0.475 e. The molecule has 4 heterocycles. The maximum absolute atomic E-state index is 10.6. The Hall–Kier alpha value is -4.74. The van der Waals surface area contributed by atoms with E-state index in [-0.39, 0.29) is 0 Å². The summed E-state index contributed by atoms with van der Waals surface area (Å²) in [6.45, 7) is 2.14. The molecule has 2 aliphatic heterocycles. The molecule has 11 heteroatoms. The first-order chi connectivity index (χ1) is 21.7. The molecule has 0 spiro atoms. The van der Waals surface area contributed by atoms with Gasteiger partial charge in [0, 0.05) is 0 Å². The largest absolute Gasteiger partial charge is 0.490 e. The lowest BCUT2D eigenvalue weighted by molar-refractivity contribution is -0.192. The van der Waals surface area contributed by atoms with Gasteiger partial charge in [0.25, 0.3) is 0 Å². The summed E-state index contributed by atoms with van der Waals surface area (Å²) in [6.07, 6.45) is -0.376. The first kappa shape index (κ1) is 29.0. The second-order valence-electron chi connectivity index (χ2n) is 11.6. The second-order valence-corrected chi connectivity index (χ2v) is 11.6. The SMILES string of the molecule is O=C(O)C(F)(F)F.c1cc2ccc(-c3ccc4nc([C@@H]5CCCN5)[nH]c4c3)cc2cc1-c1ccc2nc([C@@H]3CCCN3)[nH]c2c1. The maximum Gasteiger partial charge on any atom is 0.490 e. The lowest BCUT2D eigenvalue weighted by atomic mass is 9.97. The Morgan fingerprint density at radius 1 is 0.667 bits per heavy atom. The molecule has 8 rings (SSSR count). The Morgan fingerprint density at radius 3 is 1.49 bits per heavy atom. The molecule has 0 saturated carbocycles. The average Bonchev–Trinajstić information content (AvgIpc) is 3.85. The van der Waals surface area contributed by atoms with Gasteiger partial charge in [-0.3, -0.25) is 0 Å². The number of carboxylic acid groups (broad SMARTS) is 1. The minimum absolute atomic E-state index is 0.344. The Balaban J connectivity index is 0.000000420. The molecule has 0 unspecified atom stereocenters. The van der Waals surface area contributed by atoms with Crippen LogP contribution in [-0.2, 0) is 4.79 Å². The van der Waals surface area contributed by atoms with Gasteiger partial charge in [0.1, 0.15) is 11.6 Å². The molecule has 6 aromatic rings. The highest BCUT2D eigenvalue weighted by molar-refractivity contribution is 5.93. The standard InChI is InChI=1S/C32H30N6.C2HF3O2/c1-3-27(33-13-1)31-35-25-11-9-22(17-29(25)37-31)20-7-5-19-6-8-21(16-24(19)15-20)23-10-12-26-30(18-23)38-32(36-26)28-4-2-14-34-28;3-2(4,5)1(6)7/h5-12,15-18,27-28,33-34H,1-4,13-14H2,(H,35,37)(H,36,38);(H,6,7)/t27-,28-;/m0./s1. The van der Waals surface area contributed by atoms with E-state index in [1.54, 1.807) is 0 Å². The van der Waals surface area contributed by atoms with Crippen molar-refractivity contribution in [1.82, 2.24) is 30.6 Å². The molecule has 2 fully saturated rings. The Labute approximate surface area is 256 Å². The van der Waals surface area contributed by atoms with E-state index in [2.05, 4.69) is 93.4 Å². The number of halogens is 3. The monoisotopic (exact) mass is 612 g/mol. The number of nitrogens with one attached hydrogen (secondary N) is 4. The number of H-pyrrole nitrogens is 2. The molecule has 4 aromatic carbocycles. The fourth-order valence-electron chi connectivity index (χ4n) is 6.19. The maximum atomic E-state index is 10.6. The summed E-state index contributed by atoms with van der Waals surface area (Å²) in [7, 11) is 0. The smallest absolute Gasteiger partial charge is 0.475 e. The van der Waals surface area contributed by atoms with Crippen molar-refractivity contribution in [3.8, 4) is 22.3 Å². The van der Waals surface area contributed by atoms with Crippen molar-refractivity contribution >= 4 is 38.8 Å². The number of aromatic amines is 2. The molecule has 0 aliphatic carbocycles. The fraction of sp³-hybridized carbons (Fsp3) is 0.265. The van der Waals surface area contributed by atoms with Crippen LogP contribution in [0.1, 0.15) is 49.4 Å². The quantitative estimate of drug-likeness (QED) is 0.142. The van der Waals surface area contributed by atoms with Crippen molar-refractivity contribution in [2.24, 2.45) is 0 Å². The summed E-state index contributed by atoms with van der Waals surface area (Å²) in [4.78, 5) is 25.7. The first-order valence-electron chi connectivity index (χ1n) is 15.0. The highest BCUT2D eigenvalue weighted by Crippen LogP contribution is 2.32. The topological polar surface area (TPSA) is 119 Å². The van der Waals surface area contributed by atoms with E-state index in [0.29, 0.717) is 12.1 Å². The van der Waals surface area contributed by atoms with Crippen LogP contribution in [-0.4, -0.2) is 50.3 Å². The first-order valence-corrected chi connectivity index (χ1v) is 15.0. The number of alkyl halides is 3. The number of carbonyl (C=O) groups is 1. The molecule has 8 nitrogen and oxygen atoms in total. The Bertz CT molecular complexity index is 1890. The number of benzene rings is 4. The van der Waals surface area contributed by atoms with Crippen molar-refractivity contribution in [2.75, 3.05) is 13.1 Å². The number of rotatable bonds is 4. The molecule has 2 aromatic heterocycles. The van der Waals surface area contributed by atoms with Gasteiger partial charge in [0.2, 0.25) is 0 Å². The molecule has 0 amide bonds. The summed E-state index contributed by atoms with van der Waals surface area (Å²) in [5.74, 6) is -0.648. The molecule has 45 heavy (non-hydrogen) atoms. The van der Waals surface area contributed by atoms with E-state index in [9.17, 15) is 13.2 Å². The van der Waals surface area contributed by atoms with Crippen LogP contribution in [0, 0.1) is 0 Å². The van der Waals surface area contributed by atoms with Crippen LogP contribution >= 0.6 is 0 Å². The zero-order valence-electron chi connectivity index (χ0n) is 24.2. The van der Waals surface area contributed by atoms with Crippen molar-refractivity contribution in [3.05, 3.63) is 84.4 Å². The average molecular weight is 613 g/mol. The van der Waals surface area contributed by atoms with Crippen LogP contribution < -0.4 is 10.6 Å². The minimum atomic E-state index is -5.08. The van der Waals surface area contributed by atoms with Crippen LogP contribution in [0.2, 0.25) is 0 Å². The molecule has 0 bridgehead atoms. The van der Waals surface area contributed by atoms with Crippen molar-refractivity contribution < 1.29 is 23.1 Å². The summed E-state index contributed by atoms with van der Waals surface area (Å²) in [5.41, 5.74) is 9.08. The summed E-state index contributed by atoms with van der Waals surface area (Å²) >= 11 is 0. The lowest BCUT2D eigenvalue weighted by Gasteiger charge is -2.08. The molecular formula is C34H31F3N6O2. The summed E-state index contributed by atoms with van der Waals surface area (Å²) < 4.78 is 31.7. The third kappa shape index (κ3) is 6.01. The third-order valence-electron chi connectivity index (χ3n) is 8.53. The number of hydrogen-bond acceptors (Lipinski definition) is 5. The van der Waals surface area contributed by atoms with E-state index >= 15 is 0 Å². The van der Waals surface area contributed by atoms with Gasteiger partial charge in [-0.15, -0.1) is 0 Å². The number of imidazole rings is 2. The lowest BCUT2D eigenvalue weighted by Crippen LogP contribution is -2.21. The van der Waals surface area contributed by atoms with Crippen LogP contribution in [0.4, 0.5) is 13.2 Å². The van der Waals surface area contributed by atoms with Gasteiger partial charge >= 0.3 is 12.1 Å².